The third-order valence-corrected chi connectivity index (χ3v) is 2.81. The number of rotatable bonds is 2. The van der Waals surface area contributed by atoms with E-state index in [1.54, 1.807) is 19.1 Å². The van der Waals surface area contributed by atoms with Gasteiger partial charge in [0.25, 0.3) is 0 Å². The van der Waals surface area contributed by atoms with Crippen LogP contribution < -0.4 is 0 Å². The maximum Gasteiger partial charge on any atom is 0.151 e. The smallest absolute Gasteiger partial charge is 0.151 e. The number of hydrogen-bond donors (Lipinski definition) is 0. The van der Waals surface area contributed by atoms with Gasteiger partial charge in [0.05, 0.1) is 5.92 Å². The van der Waals surface area contributed by atoms with Crippen LogP contribution >= 0.6 is 34.8 Å². The summed E-state index contributed by atoms with van der Waals surface area (Å²) in [5.41, 5.74) is 0. The second-order valence-electron chi connectivity index (χ2n) is 2.86. The van der Waals surface area contributed by atoms with Crippen molar-refractivity contribution < 1.29 is 4.79 Å². The second-order valence-corrected chi connectivity index (χ2v) is 4.74. The van der Waals surface area contributed by atoms with Gasteiger partial charge in [-0.15, -0.1) is 0 Å². The molecule has 0 aliphatic heterocycles. The Balaban J connectivity index is 2.91. The third kappa shape index (κ3) is 2.49. The average molecular weight is 240 g/mol. The molecule has 1 aliphatic rings. The van der Waals surface area contributed by atoms with Crippen molar-refractivity contribution in [2.45, 2.75) is 17.7 Å². The van der Waals surface area contributed by atoms with Crippen molar-refractivity contribution in [3.63, 3.8) is 0 Å². The highest BCUT2D eigenvalue weighted by Gasteiger charge is 2.37. The molecule has 0 saturated carbocycles. The Morgan fingerprint density at radius 3 is 2.69 bits per heavy atom. The summed E-state index contributed by atoms with van der Waals surface area (Å²) in [5.74, 6) is -0.468. The molecule has 0 spiro atoms. The number of alkyl halides is 2. The Morgan fingerprint density at radius 1 is 1.62 bits per heavy atom. The molecule has 1 unspecified atom stereocenters. The van der Waals surface area contributed by atoms with Crippen molar-refractivity contribution in [3.8, 4) is 0 Å². The summed E-state index contributed by atoms with van der Waals surface area (Å²) in [7, 11) is 0. The van der Waals surface area contributed by atoms with E-state index in [4.69, 9.17) is 34.8 Å². The van der Waals surface area contributed by atoms with Crippen LogP contribution in [0.5, 0.6) is 0 Å². The summed E-state index contributed by atoms with van der Waals surface area (Å²) >= 11 is 17.6. The fraction of sp³-hybridized carbons (Fsp3) is 0.444. The highest BCUT2D eigenvalue weighted by Crippen LogP contribution is 2.39. The van der Waals surface area contributed by atoms with Crippen molar-refractivity contribution in [2.24, 2.45) is 5.92 Å². The number of halogens is 3. The summed E-state index contributed by atoms with van der Waals surface area (Å²) in [6.45, 7) is 1.78. The van der Waals surface area contributed by atoms with E-state index in [2.05, 4.69) is 0 Å². The van der Waals surface area contributed by atoms with E-state index in [1.165, 1.54) is 6.08 Å². The fourth-order valence-corrected chi connectivity index (χ4v) is 2.16. The largest absolute Gasteiger partial charge is 0.299 e. The Labute approximate surface area is 92.3 Å². The molecule has 0 amide bonds. The molecule has 0 bridgehead atoms. The van der Waals surface area contributed by atoms with Crippen LogP contribution in [0.15, 0.2) is 23.3 Å². The zero-order chi connectivity index (χ0) is 10.1. The Hall–Kier alpha value is 0.0200. The normalized spacial score (nSPS) is 25.5. The maximum atomic E-state index is 11.4. The number of carbonyl (C=O) groups excluding carboxylic acids is 1. The monoisotopic (exact) mass is 238 g/mol. The Bertz CT molecular complexity index is 279. The van der Waals surface area contributed by atoms with Crippen molar-refractivity contribution in [2.75, 3.05) is 0 Å². The molecule has 13 heavy (non-hydrogen) atoms. The molecule has 4 heteroatoms. The van der Waals surface area contributed by atoms with Crippen LogP contribution in [-0.4, -0.2) is 10.1 Å². The summed E-state index contributed by atoms with van der Waals surface area (Å²) in [6, 6.07) is 0. The molecule has 0 heterocycles. The molecular weight excluding hydrogens is 230 g/mol. The Kier molecular flexibility index (Phi) is 3.44. The standard InChI is InChI=1S/C9H9Cl3O/c1-2-8(13)7-4-3-6(10)5-9(7,11)12/h3-5,7H,2H2,1H3. The molecule has 0 N–H and O–H groups in total. The van der Waals surface area contributed by atoms with Gasteiger partial charge in [-0.2, -0.15) is 0 Å². The first-order valence-corrected chi connectivity index (χ1v) is 5.08. The number of ketones is 1. The lowest BCUT2D eigenvalue weighted by molar-refractivity contribution is -0.121. The van der Waals surface area contributed by atoms with Gasteiger partial charge < -0.3 is 0 Å². The minimum absolute atomic E-state index is 0.0154. The molecule has 0 aromatic heterocycles. The average Bonchev–Trinajstić information content (AvgIpc) is 2.01. The van der Waals surface area contributed by atoms with Crippen molar-refractivity contribution >= 4 is 40.6 Å². The first kappa shape index (κ1) is 11.1. The second kappa shape index (κ2) is 4.04. The van der Waals surface area contributed by atoms with E-state index < -0.39 is 10.3 Å². The minimum Gasteiger partial charge on any atom is -0.299 e. The van der Waals surface area contributed by atoms with Crippen LogP contribution in [0.1, 0.15) is 13.3 Å². The molecular formula is C9H9Cl3O. The van der Waals surface area contributed by atoms with Crippen molar-refractivity contribution in [1.82, 2.24) is 0 Å². The van der Waals surface area contributed by atoms with E-state index in [9.17, 15) is 4.79 Å². The number of allylic oxidation sites excluding steroid dienone is 4. The molecule has 72 valence electrons. The highest BCUT2D eigenvalue weighted by atomic mass is 35.5. The molecule has 0 aromatic rings. The fourth-order valence-electron chi connectivity index (χ4n) is 1.18. The van der Waals surface area contributed by atoms with Gasteiger partial charge in [-0.05, 0) is 12.2 Å². The molecule has 1 atom stereocenters. The third-order valence-electron chi connectivity index (χ3n) is 1.89. The predicted molar refractivity (Wildman–Crippen MR) is 56.3 cm³/mol. The lowest BCUT2D eigenvalue weighted by Gasteiger charge is -2.25. The SMILES string of the molecule is CCC(=O)C1C=CC(Cl)=CC1(Cl)Cl. The van der Waals surface area contributed by atoms with Crippen LogP contribution in [0.2, 0.25) is 0 Å². The van der Waals surface area contributed by atoms with E-state index in [1.807, 2.05) is 0 Å². The van der Waals surface area contributed by atoms with Gasteiger partial charge in [-0.25, -0.2) is 0 Å². The van der Waals surface area contributed by atoms with Gasteiger partial charge >= 0.3 is 0 Å². The lowest BCUT2D eigenvalue weighted by atomic mass is 9.94. The molecule has 1 nitrogen and oxygen atoms in total. The van der Waals surface area contributed by atoms with Crippen LogP contribution in [-0.2, 0) is 4.79 Å². The zero-order valence-electron chi connectivity index (χ0n) is 7.06. The highest BCUT2D eigenvalue weighted by molar-refractivity contribution is 6.52. The van der Waals surface area contributed by atoms with E-state index in [0.29, 0.717) is 11.5 Å². The number of carbonyl (C=O) groups is 1. The zero-order valence-corrected chi connectivity index (χ0v) is 9.33. The van der Waals surface area contributed by atoms with Gasteiger partial charge in [-0.1, -0.05) is 47.8 Å². The van der Waals surface area contributed by atoms with E-state index >= 15 is 0 Å². The molecule has 1 aliphatic carbocycles. The summed E-state index contributed by atoms with van der Waals surface area (Å²) in [4.78, 5) is 11.4. The summed E-state index contributed by atoms with van der Waals surface area (Å²) in [5, 5.41) is 0.463. The maximum absolute atomic E-state index is 11.4. The summed E-state index contributed by atoms with van der Waals surface area (Å²) in [6.07, 6.45) is 5.19. The van der Waals surface area contributed by atoms with Crippen molar-refractivity contribution in [1.29, 1.82) is 0 Å². The first-order valence-electron chi connectivity index (χ1n) is 3.94. The van der Waals surface area contributed by atoms with E-state index in [-0.39, 0.29) is 5.78 Å². The van der Waals surface area contributed by atoms with E-state index in [0.717, 1.165) is 0 Å². The lowest BCUT2D eigenvalue weighted by Crippen LogP contribution is -2.30. The van der Waals surface area contributed by atoms with Gasteiger partial charge in [0.1, 0.15) is 5.78 Å². The van der Waals surface area contributed by atoms with Gasteiger partial charge in [0.15, 0.2) is 4.33 Å². The molecule has 0 fully saturated rings. The van der Waals surface area contributed by atoms with Crippen LogP contribution in [0.25, 0.3) is 0 Å². The first-order chi connectivity index (χ1) is 5.97. The van der Waals surface area contributed by atoms with Gasteiger partial charge in [-0.3, -0.25) is 4.79 Å². The minimum atomic E-state index is -1.20. The Morgan fingerprint density at radius 2 is 2.23 bits per heavy atom. The number of Topliss-reactive ketones (excluding diaryl/α,β-unsaturated/α-hetero) is 1. The molecule has 0 saturated heterocycles. The van der Waals surface area contributed by atoms with Crippen LogP contribution in [0.3, 0.4) is 0 Å². The van der Waals surface area contributed by atoms with Crippen LogP contribution in [0, 0.1) is 5.92 Å². The number of hydrogen-bond acceptors (Lipinski definition) is 1. The molecule has 0 radical (unpaired) electrons. The van der Waals surface area contributed by atoms with Crippen LogP contribution in [0.4, 0.5) is 0 Å². The van der Waals surface area contributed by atoms with Gasteiger partial charge in [0, 0.05) is 11.5 Å². The molecule has 0 aromatic carbocycles. The van der Waals surface area contributed by atoms with Crippen molar-refractivity contribution in [3.05, 3.63) is 23.3 Å². The molecule has 1 rings (SSSR count). The summed E-state index contributed by atoms with van der Waals surface area (Å²) < 4.78 is -1.20. The van der Waals surface area contributed by atoms with Gasteiger partial charge in [0.2, 0.25) is 0 Å². The topological polar surface area (TPSA) is 17.1 Å². The quantitative estimate of drug-likeness (QED) is 0.675. The predicted octanol–water partition coefficient (Wildman–Crippen LogP) is 3.45.